The zero-order valence-corrected chi connectivity index (χ0v) is 9.07. The van der Waals surface area contributed by atoms with Crippen LogP contribution in [0.15, 0.2) is 0 Å². The van der Waals surface area contributed by atoms with Gasteiger partial charge in [0.25, 0.3) is 0 Å². The van der Waals surface area contributed by atoms with Crippen molar-refractivity contribution in [1.29, 1.82) is 0 Å². The first-order chi connectivity index (χ1) is 4.59. The molecule has 0 spiro atoms. The Morgan fingerprint density at radius 2 is 1.36 bits per heavy atom. The molecule has 0 fully saturated rings. The predicted molar refractivity (Wildman–Crippen MR) is 47.8 cm³/mol. The summed E-state index contributed by atoms with van der Waals surface area (Å²) in [6.07, 6.45) is 2.61. The van der Waals surface area contributed by atoms with Crippen molar-refractivity contribution < 1.29 is 18.9 Å². The van der Waals surface area contributed by atoms with Crippen LogP contribution in [0.25, 0.3) is 0 Å². The van der Waals surface area contributed by atoms with E-state index in [-0.39, 0.29) is 18.9 Å². The minimum Gasteiger partial charge on any atom is -0.309 e. The van der Waals surface area contributed by atoms with E-state index in [9.17, 15) is 0 Å². The smallest absolute Gasteiger partial charge is 0.309 e. The fourth-order valence-electron chi connectivity index (χ4n) is 1.53. The molecule has 0 bridgehead atoms. The fourth-order valence-corrected chi connectivity index (χ4v) is 1.53. The van der Waals surface area contributed by atoms with E-state index >= 15 is 0 Å². The van der Waals surface area contributed by atoms with Crippen LogP contribution in [0.1, 0.15) is 47.5 Å². The minimum atomic E-state index is 0. The SMILES string of the molecule is CCC[C-](C(C)C)C(C)C.[Li+]. The van der Waals surface area contributed by atoms with E-state index in [2.05, 4.69) is 34.6 Å². The molecule has 1 heteroatoms. The standard InChI is InChI=1S/C10H21.Li/c1-6-7-10(8(2)3)9(4)5;/h8-9H,6-7H2,1-5H3;/q-1;+1. The second kappa shape index (κ2) is 7.26. The summed E-state index contributed by atoms with van der Waals surface area (Å²) in [5, 5.41) is 0. The largest absolute Gasteiger partial charge is 1.00 e. The van der Waals surface area contributed by atoms with E-state index in [1.807, 2.05) is 0 Å². The molecule has 0 radical (unpaired) electrons. The van der Waals surface area contributed by atoms with Crippen LogP contribution in [0.2, 0.25) is 0 Å². The summed E-state index contributed by atoms with van der Waals surface area (Å²) in [6, 6.07) is 0. The Morgan fingerprint density at radius 3 is 1.45 bits per heavy atom. The zero-order chi connectivity index (χ0) is 8.15. The van der Waals surface area contributed by atoms with Crippen LogP contribution >= 0.6 is 0 Å². The molecule has 0 aromatic carbocycles. The molecule has 0 atom stereocenters. The summed E-state index contributed by atoms with van der Waals surface area (Å²) in [7, 11) is 0. The monoisotopic (exact) mass is 148 g/mol. The van der Waals surface area contributed by atoms with Crippen LogP contribution in [0.4, 0.5) is 0 Å². The molecule has 0 aliphatic rings. The van der Waals surface area contributed by atoms with Gasteiger partial charge >= 0.3 is 18.9 Å². The number of rotatable bonds is 4. The Kier molecular flexibility index (Phi) is 9.33. The van der Waals surface area contributed by atoms with Gasteiger partial charge in [-0.2, -0.15) is 18.3 Å². The Hall–Kier alpha value is 0.597. The second-order valence-electron chi connectivity index (χ2n) is 3.63. The first-order valence-electron chi connectivity index (χ1n) is 4.45. The molecule has 0 saturated heterocycles. The molecule has 11 heavy (non-hydrogen) atoms. The van der Waals surface area contributed by atoms with E-state index < -0.39 is 0 Å². The van der Waals surface area contributed by atoms with Gasteiger partial charge in [0.15, 0.2) is 0 Å². The Bertz CT molecular complexity index is 68.9. The summed E-state index contributed by atoms with van der Waals surface area (Å²) < 4.78 is 0. The maximum absolute atomic E-state index is 2.30. The van der Waals surface area contributed by atoms with Crippen molar-refractivity contribution in [2.75, 3.05) is 0 Å². The van der Waals surface area contributed by atoms with Gasteiger partial charge in [0, 0.05) is 0 Å². The van der Waals surface area contributed by atoms with Crippen LogP contribution < -0.4 is 18.9 Å². The molecule has 62 valence electrons. The number of hydrogen-bond acceptors (Lipinski definition) is 0. The normalized spacial score (nSPS) is 10.9. The average molecular weight is 148 g/mol. The summed E-state index contributed by atoms with van der Waals surface area (Å²) in [4.78, 5) is 0. The van der Waals surface area contributed by atoms with Crippen molar-refractivity contribution in [3.8, 4) is 0 Å². The molecule has 0 amide bonds. The summed E-state index contributed by atoms with van der Waals surface area (Å²) in [5.74, 6) is 3.28. The minimum absolute atomic E-state index is 0. The molecule has 0 heterocycles. The van der Waals surface area contributed by atoms with E-state index in [4.69, 9.17) is 0 Å². The molecule has 0 unspecified atom stereocenters. The summed E-state index contributed by atoms with van der Waals surface area (Å²) in [6.45, 7) is 11.4. The van der Waals surface area contributed by atoms with Crippen molar-refractivity contribution >= 4 is 0 Å². The second-order valence-corrected chi connectivity index (χ2v) is 3.63. The van der Waals surface area contributed by atoms with Gasteiger partial charge in [-0.25, -0.2) is 0 Å². The Balaban J connectivity index is 0. The Morgan fingerprint density at radius 1 is 1.00 bits per heavy atom. The van der Waals surface area contributed by atoms with E-state index in [0.717, 1.165) is 11.8 Å². The maximum Gasteiger partial charge on any atom is 1.00 e. The fraction of sp³-hybridized carbons (Fsp3) is 0.900. The third-order valence-electron chi connectivity index (χ3n) is 2.02. The van der Waals surface area contributed by atoms with Crippen LogP contribution in [-0.2, 0) is 0 Å². The van der Waals surface area contributed by atoms with Gasteiger partial charge in [0.1, 0.15) is 0 Å². The van der Waals surface area contributed by atoms with Gasteiger partial charge in [-0.1, -0.05) is 41.0 Å². The van der Waals surface area contributed by atoms with Crippen molar-refractivity contribution in [3.05, 3.63) is 5.92 Å². The first kappa shape index (κ1) is 14.1. The average Bonchev–Trinajstić information content (AvgIpc) is 1.81. The molecular formula is C10H21Li. The van der Waals surface area contributed by atoms with E-state index in [1.54, 1.807) is 5.92 Å². The molecule has 0 aromatic rings. The van der Waals surface area contributed by atoms with E-state index in [0.29, 0.717) is 0 Å². The van der Waals surface area contributed by atoms with Crippen molar-refractivity contribution in [2.24, 2.45) is 11.8 Å². The zero-order valence-electron chi connectivity index (χ0n) is 9.07. The molecule has 0 aliphatic carbocycles. The van der Waals surface area contributed by atoms with Crippen LogP contribution in [0.3, 0.4) is 0 Å². The van der Waals surface area contributed by atoms with Crippen LogP contribution in [0, 0.1) is 17.8 Å². The Labute approximate surface area is 84.3 Å². The van der Waals surface area contributed by atoms with Crippen molar-refractivity contribution in [3.63, 3.8) is 0 Å². The predicted octanol–water partition coefficient (Wildman–Crippen LogP) is 0.677. The van der Waals surface area contributed by atoms with Gasteiger partial charge in [-0.15, -0.1) is 0 Å². The van der Waals surface area contributed by atoms with Gasteiger partial charge < -0.3 is 5.92 Å². The molecule has 0 nitrogen and oxygen atoms in total. The molecule has 0 saturated carbocycles. The topological polar surface area (TPSA) is 0 Å². The quantitative estimate of drug-likeness (QED) is 0.406. The molecule has 0 N–H and O–H groups in total. The van der Waals surface area contributed by atoms with E-state index in [1.165, 1.54) is 12.8 Å². The van der Waals surface area contributed by atoms with Crippen LogP contribution in [-0.4, -0.2) is 0 Å². The molecule has 0 aliphatic heterocycles. The van der Waals surface area contributed by atoms with Crippen molar-refractivity contribution in [1.82, 2.24) is 0 Å². The molecule has 0 aromatic heterocycles. The third kappa shape index (κ3) is 5.82. The maximum atomic E-state index is 2.30. The first-order valence-corrected chi connectivity index (χ1v) is 4.45. The van der Waals surface area contributed by atoms with Gasteiger partial charge in [0.05, 0.1) is 0 Å². The third-order valence-corrected chi connectivity index (χ3v) is 2.02. The van der Waals surface area contributed by atoms with Crippen molar-refractivity contribution in [2.45, 2.75) is 47.5 Å². The summed E-state index contributed by atoms with van der Waals surface area (Å²) in [5.41, 5.74) is 0. The molecular weight excluding hydrogens is 127 g/mol. The number of hydrogen-bond donors (Lipinski definition) is 0. The summed E-state index contributed by atoms with van der Waals surface area (Å²) >= 11 is 0. The van der Waals surface area contributed by atoms with Crippen LogP contribution in [0.5, 0.6) is 0 Å². The van der Waals surface area contributed by atoms with Gasteiger partial charge in [0.2, 0.25) is 0 Å². The van der Waals surface area contributed by atoms with Gasteiger partial charge in [-0.05, 0) is 0 Å². The van der Waals surface area contributed by atoms with Gasteiger partial charge in [-0.3, -0.25) is 0 Å². The molecule has 0 rings (SSSR count).